The zero-order valence-electron chi connectivity index (χ0n) is 19.8. The molecule has 1 aliphatic carbocycles. The SMILES string of the molecule is CC(C)(C)OC(=O)C1CCC(NC2=NCC3CN(C(=O)OC(C)(C)C)CCN23)CC1.I. The van der Waals surface area contributed by atoms with Crippen molar-refractivity contribution in [2.24, 2.45) is 10.9 Å². The summed E-state index contributed by atoms with van der Waals surface area (Å²) < 4.78 is 11.1. The first-order chi connectivity index (χ1) is 13.9. The van der Waals surface area contributed by atoms with Crippen molar-refractivity contribution in [2.45, 2.75) is 90.5 Å². The van der Waals surface area contributed by atoms with Crippen molar-refractivity contribution in [3.63, 3.8) is 0 Å². The number of carbonyl (C=O) groups excluding carboxylic acids is 2. The molecule has 1 N–H and O–H groups in total. The second-order valence-electron chi connectivity index (χ2n) is 10.7. The van der Waals surface area contributed by atoms with Crippen LogP contribution in [0.4, 0.5) is 4.79 Å². The van der Waals surface area contributed by atoms with E-state index in [1.54, 1.807) is 4.90 Å². The second-order valence-corrected chi connectivity index (χ2v) is 10.7. The molecule has 0 aromatic heterocycles. The average Bonchev–Trinajstić information content (AvgIpc) is 3.01. The molecule has 1 amide bonds. The van der Waals surface area contributed by atoms with Crippen LogP contribution in [-0.2, 0) is 14.3 Å². The van der Waals surface area contributed by atoms with Crippen LogP contribution in [0.5, 0.6) is 0 Å². The molecule has 1 saturated heterocycles. The molecule has 8 nitrogen and oxygen atoms in total. The maximum Gasteiger partial charge on any atom is 0.410 e. The van der Waals surface area contributed by atoms with Gasteiger partial charge in [0.05, 0.1) is 18.5 Å². The lowest BCUT2D eigenvalue weighted by molar-refractivity contribution is -0.161. The van der Waals surface area contributed by atoms with Crippen LogP contribution in [0.15, 0.2) is 4.99 Å². The van der Waals surface area contributed by atoms with E-state index < -0.39 is 11.2 Å². The van der Waals surface area contributed by atoms with Gasteiger partial charge in [0.15, 0.2) is 5.96 Å². The van der Waals surface area contributed by atoms with Crippen molar-refractivity contribution in [3.05, 3.63) is 0 Å². The highest BCUT2D eigenvalue weighted by Crippen LogP contribution is 2.28. The van der Waals surface area contributed by atoms with E-state index in [0.717, 1.165) is 38.2 Å². The molecule has 2 aliphatic heterocycles. The molecule has 1 atom stereocenters. The van der Waals surface area contributed by atoms with Gasteiger partial charge < -0.3 is 24.6 Å². The van der Waals surface area contributed by atoms with Crippen LogP contribution in [0.1, 0.15) is 67.2 Å². The minimum Gasteiger partial charge on any atom is -0.460 e. The van der Waals surface area contributed by atoms with Gasteiger partial charge in [0.2, 0.25) is 0 Å². The van der Waals surface area contributed by atoms with E-state index in [4.69, 9.17) is 14.5 Å². The smallest absolute Gasteiger partial charge is 0.410 e. The van der Waals surface area contributed by atoms with Gasteiger partial charge in [-0.1, -0.05) is 0 Å². The van der Waals surface area contributed by atoms with Crippen LogP contribution in [-0.4, -0.2) is 77.3 Å². The number of carbonyl (C=O) groups is 2. The first-order valence-corrected chi connectivity index (χ1v) is 11.2. The van der Waals surface area contributed by atoms with Crippen molar-refractivity contribution in [1.29, 1.82) is 0 Å². The van der Waals surface area contributed by atoms with Crippen molar-refractivity contribution in [1.82, 2.24) is 15.1 Å². The Bertz CT molecular complexity index is 678. The van der Waals surface area contributed by atoms with Gasteiger partial charge in [-0.3, -0.25) is 9.79 Å². The Labute approximate surface area is 203 Å². The Morgan fingerprint density at radius 3 is 2.16 bits per heavy atom. The Morgan fingerprint density at radius 1 is 0.968 bits per heavy atom. The molecule has 0 spiro atoms. The lowest BCUT2D eigenvalue weighted by atomic mass is 9.86. The third-order valence-corrected chi connectivity index (χ3v) is 5.66. The summed E-state index contributed by atoms with van der Waals surface area (Å²) in [6, 6.07) is 0.525. The number of fused-ring (bicyclic) bond motifs is 1. The highest BCUT2D eigenvalue weighted by atomic mass is 127. The van der Waals surface area contributed by atoms with Crippen LogP contribution in [0.3, 0.4) is 0 Å². The number of esters is 1. The molecule has 9 heteroatoms. The third kappa shape index (κ3) is 7.39. The third-order valence-electron chi connectivity index (χ3n) is 5.66. The number of halogens is 1. The predicted molar refractivity (Wildman–Crippen MR) is 131 cm³/mol. The van der Waals surface area contributed by atoms with Gasteiger partial charge in [-0.25, -0.2) is 4.79 Å². The molecule has 2 heterocycles. The van der Waals surface area contributed by atoms with E-state index in [9.17, 15) is 9.59 Å². The first-order valence-electron chi connectivity index (χ1n) is 11.2. The monoisotopic (exact) mass is 550 g/mol. The zero-order chi connectivity index (χ0) is 22.1. The maximum atomic E-state index is 12.4. The summed E-state index contributed by atoms with van der Waals surface area (Å²) in [4.78, 5) is 33.4. The Kier molecular flexibility index (Phi) is 8.49. The Hall–Kier alpha value is -1.26. The number of guanidine groups is 1. The number of piperazine rings is 1. The normalized spacial score (nSPS) is 26.4. The van der Waals surface area contributed by atoms with Crippen molar-refractivity contribution >= 4 is 42.0 Å². The summed E-state index contributed by atoms with van der Waals surface area (Å²) in [7, 11) is 0. The maximum absolute atomic E-state index is 12.4. The van der Waals surface area contributed by atoms with E-state index >= 15 is 0 Å². The molecule has 3 aliphatic rings. The molecule has 0 aromatic rings. The van der Waals surface area contributed by atoms with Gasteiger partial charge in [0.1, 0.15) is 11.2 Å². The van der Waals surface area contributed by atoms with Crippen molar-refractivity contribution in [3.8, 4) is 0 Å². The molecule has 0 radical (unpaired) electrons. The molecule has 2 fully saturated rings. The molecular weight excluding hydrogens is 511 g/mol. The highest BCUT2D eigenvalue weighted by molar-refractivity contribution is 14.0. The Balaban J connectivity index is 0.00000341. The number of hydrogen-bond donors (Lipinski definition) is 1. The largest absolute Gasteiger partial charge is 0.460 e. The number of hydrogen-bond acceptors (Lipinski definition) is 7. The first kappa shape index (κ1) is 26.0. The van der Waals surface area contributed by atoms with E-state index in [1.165, 1.54) is 0 Å². The van der Waals surface area contributed by atoms with Crippen LogP contribution in [0.2, 0.25) is 0 Å². The average molecular weight is 550 g/mol. The fourth-order valence-corrected chi connectivity index (χ4v) is 4.24. The fourth-order valence-electron chi connectivity index (χ4n) is 4.24. The zero-order valence-corrected chi connectivity index (χ0v) is 22.1. The van der Waals surface area contributed by atoms with Gasteiger partial charge in [-0.2, -0.15) is 0 Å². The Morgan fingerprint density at radius 2 is 1.58 bits per heavy atom. The quantitative estimate of drug-likeness (QED) is 0.420. The minimum absolute atomic E-state index is 0. The number of ether oxygens (including phenoxy) is 2. The molecule has 178 valence electrons. The minimum atomic E-state index is -0.481. The van der Waals surface area contributed by atoms with Crippen molar-refractivity contribution in [2.75, 3.05) is 26.2 Å². The number of aliphatic imine (C=N–C) groups is 1. The van der Waals surface area contributed by atoms with E-state index in [1.807, 2.05) is 41.5 Å². The summed E-state index contributed by atoms with van der Waals surface area (Å²) >= 11 is 0. The fraction of sp³-hybridized carbons (Fsp3) is 0.864. The van der Waals surface area contributed by atoms with Crippen LogP contribution in [0.25, 0.3) is 0 Å². The van der Waals surface area contributed by atoms with Crippen LogP contribution < -0.4 is 5.32 Å². The molecular formula is C22H39IN4O4. The lowest BCUT2D eigenvalue weighted by Gasteiger charge is -2.40. The summed E-state index contributed by atoms with van der Waals surface area (Å²) in [5, 5.41) is 3.60. The van der Waals surface area contributed by atoms with Gasteiger partial charge in [-0.15, -0.1) is 24.0 Å². The van der Waals surface area contributed by atoms with Crippen LogP contribution in [0, 0.1) is 5.92 Å². The summed E-state index contributed by atoms with van der Waals surface area (Å²) in [5.74, 6) is 0.861. The van der Waals surface area contributed by atoms with Gasteiger partial charge in [0, 0.05) is 25.7 Å². The van der Waals surface area contributed by atoms with Gasteiger partial charge >= 0.3 is 12.1 Å². The number of rotatable bonds is 2. The van der Waals surface area contributed by atoms with Gasteiger partial charge in [0.25, 0.3) is 0 Å². The standard InChI is InChI=1S/C22H38N4O4.HI/c1-21(2,3)29-18(27)15-7-9-16(10-8-15)24-19-23-13-17-14-25(11-12-26(17)19)20(28)30-22(4,5)6;/h15-17H,7-14H2,1-6H3,(H,23,24);1H. The van der Waals surface area contributed by atoms with E-state index in [2.05, 4.69) is 10.2 Å². The number of nitrogens with zero attached hydrogens (tertiary/aromatic N) is 3. The van der Waals surface area contributed by atoms with E-state index in [-0.39, 0.29) is 48.0 Å². The number of amides is 1. The summed E-state index contributed by atoms with van der Waals surface area (Å²) in [5.41, 5.74) is -0.910. The van der Waals surface area contributed by atoms with E-state index in [0.29, 0.717) is 25.7 Å². The summed E-state index contributed by atoms with van der Waals surface area (Å²) in [6.07, 6.45) is 3.31. The topological polar surface area (TPSA) is 83.5 Å². The predicted octanol–water partition coefficient (Wildman–Crippen LogP) is 3.39. The molecule has 3 rings (SSSR count). The second kappa shape index (κ2) is 10.1. The van der Waals surface area contributed by atoms with Crippen molar-refractivity contribution < 1.29 is 19.1 Å². The molecule has 0 bridgehead atoms. The number of nitrogens with one attached hydrogen (secondary N) is 1. The summed E-state index contributed by atoms with van der Waals surface area (Å²) in [6.45, 7) is 14.1. The van der Waals surface area contributed by atoms with Gasteiger partial charge in [-0.05, 0) is 67.2 Å². The lowest BCUT2D eigenvalue weighted by Crippen LogP contribution is -2.58. The highest BCUT2D eigenvalue weighted by Gasteiger charge is 2.38. The molecule has 31 heavy (non-hydrogen) atoms. The molecule has 1 saturated carbocycles. The van der Waals surface area contributed by atoms with Crippen LogP contribution >= 0.6 is 24.0 Å². The molecule has 1 unspecified atom stereocenters. The molecule has 0 aromatic carbocycles.